The normalized spacial score (nSPS) is 13.9. The third-order valence-corrected chi connectivity index (χ3v) is 4.40. The van der Waals surface area contributed by atoms with Crippen LogP contribution in [0, 0.1) is 0 Å². The third kappa shape index (κ3) is 2.89. The molecule has 0 aliphatic heterocycles. The fourth-order valence-electron chi connectivity index (χ4n) is 2.65. The molecule has 0 atom stereocenters. The van der Waals surface area contributed by atoms with Crippen molar-refractivity contribution < 1.29 is 4.74 Å². The van der Waals surface area contributed by atoms with Gasteiger partial charge in [0, 0.05) is 6.54 Å². The number of aryl methyl sites for hydroxylation is 2. The van der Waals surface area contributed by atoms with Gasteiger partial charge in [-0.05, 0) is 82.6 Å². The molecule has 0 unspecified atom stereocenters. The molecular weight excluding hydrogens is 314 g/mol. The van der Waals surface area contributed by atoms with Gasteiger partial charge < -0.3 is 10.5 Å². The van der Waals surface area contributed by atoms with Crippen molar-refractivity contribution in [3.8, 4) is 11.5 Å². The van der Waals surface area contributed by atoms with E-state index in [1.54, 1.807) is 0 Å². The van der Waals surface area contributed by atoms with E-state index in [9.17, 15) is 0 Å². The van der Waals surface area contributed by atoms with Crippen molar-refractivity contribution in [2.45, 2.75) is 32.2 Å². The maximum absolute atomic E-state index is 5.99. The Labute approximate surface area is 128 Å². The molecule has 0 saturated heterocycles. The summed E-state index contributed by atoms with van der Waals surface area (Å²) in [5, 5.41) is 0. The van der Waals surface area contributed by atoms with E-state index in [4.69, 9.17) is 10.5 Å². The van der Waals surface area contributed by atoms with Crippen LogP contribution in [0.3, 0.4) is 0 Å². The Morgan fingerprint density at radius 1 is 1.00 bits per heavy atom. The fraction of sp³-hybridized carbons (Fsp3) is 0.294. The van der Waals surface area contributed by atoms with Crippen molar-refractivity contribution in [3.63, 3.8) is 0 Å². The van der Waals surface area contributed by atoms with Gasteiger partial charge in [0.1, 0.15) is 11.5 Å². The number of ether oxygens (including phenoxy) is 1. The van der Waals surface area contributed by atoms with E-state index in [0.29, 0.717) is 6.54 Å². The molecule has 0 radical (unpaired) electrons. The summed E-state index contributed by atoms with van der Waals surface area (Å²) in [6, 6.07) is 12.4. The molecule has 0 aromatic heterocycles. The topological polar surface area (TPSA) is 35.2 Å². The van der Waals surface area contributed by atoms with Crippen molar-refractivity contribution in [3.05, 3.63) is 57.6 Å². The predicted molar refractivity (Wildman–Crippen MR) is 85.2 cm³/mol. The number of hydrogen-bond donors (Lipinski definition) is 1. The fourth-order valence-corrected chi connectivity index (χ4v) is 3.16. The molecule has 104 valence electrons. The lowest BCUT2D eigenvalue weighted by atomic mass is 9.92. The van der Waals surface area contributed by atoms with Crippen LogP contribution in [0.5, 0.6) is 11.5 Å². The van der Waals surface area contributed by atoms with Crippen molar-refractivity contribution in [1.29, 1.82) is 0 Å². The first-order valence-corrected chi connectivity index (χ1v) is 7.84. The minimum absolute atomic E-state index is 0.539. The summed E-state index contributed by atoms with van der Waals surface area (Å²) in [5.41, 5.74) is 9.64. The molecule has 20 heavy (non-hydrogen) atoms. The second kappa shape index (κ2) is 5.98. The minimum Gasteiger partial charge on any atom is -0.456 e. The summed E-state index contributed by atoms with van der Waals surface area (Å²) >= 11 is 3.54. The van der Waals surface area contributed by atoms with Crippen LogP contribution in [-0.4, -0.2) is 0 Å². The first kappa shape index (κ1) is 13.7. The van der Waals surface area contributed by atoms with E-state index >= 15 is 0 Å². The second-order valence-electron chi connectivity index (χ2n) is 5.21. The number of benzene rings is 2. The van der Waals surface area contributed by atoms with Gasteiger partial charge in [-0.25, -0.2) is 0 Å². The van der Waals surface area contributed by atoms with Gasteiger partial charge in [-0.3, -0.25) is 0 Å². The van der Waals surface area contributed by atoms with Gasteiger partial charge >= 0.3 is 0 Å². The molecule has 2 aromatic carbocycles. The Bertz CT molecular complexity index is 624. The van der Waals surface area contributed by atoms with Crippen LogP contribution in [0.2, 0.25) is 0 Å². The molecule has 0 saturated carbocycles. The second-order valence-corrected chi connectivity index (χ2v) is 6.06. The standard InChI is InChI=1S/C17H18BrNO/c18-16-9-12(11-19)5-8-17(16)20-15-7-6-13-3-1-2-4-14(13)10-15/h5-10H,1-4,11,19H2. The van der Waals surface area contributed by atoms with Crippen LogP contribution < -0.4 is 10.5 Å². The Hall–Kier alpha value is -1.32. The SMILES string of the molecule is NCc1ccc(Oc2ccc3c(c2)CCCC3)c(Br)c1. The molecule has 1 aliphatic rings. The van der Waals surface area contributed by atoms with Crippen LogP contribution in [0.25, 0.3) is 0 Å². The molecule has 0 fully saturated rings. The maximum atomic E-state index is 5.99. The highest BCUT2D eigenvalue weighted by atomic mass is 79.9. The lowest BCUT2D eigenvalue weighted by Gasteiger charge is -2.17. The van der Waals surface area contributed by atoms with E-state index in [-0.39, 0.29) is 0 Å². The van der Waals surface area contributed by atoms with E-state index in [2.05, 4.69) is 34.1 Å². The van der Waals surface area contributed by atoms with E-state index < -0.39 is 0 Å². The van der Waals surface area contributed by atoms with Crippen molar-refractivity contribution >= 4 is 15.9 Å². The van der Waals surface area contributed by atoms with Crippen LogP contribution in [-0.2, 0) is 19.4 Å². The van der Waals surface area contributed by atoms with Crippen LogP contribution >= 0.6 is 15.9 Å². The number of nitrogens with two attached hydrogens (primary N) is 1. The van der Waals surface area contributed by atoms with Crippen LogP contribution in [0.15, 0.2) is 40.9 Å². The van der Waals surface area contributed by atoms with Gasteiger partial charge in [-0.1, -0.05) is 12.1 Å². The first-order chi connectivity index (χ1) is 9.76. The average Bonchev–Trinajstić information content (AvgIpc) is 2.49. The Morgan fingerprint density at radius 2 is 1.80 bits per heavy atom. The summed E-state index contributed by atoms with van der Waals surface area (Å²) in [4.78, 5) is 0. The monoisotopic (exact) mass is 331 g/mol. The van der Waals surface area contributed by atoms with E-state index in [1.165, 1.54) is 36.8 Å². The Kier molecular flexibility index (Phi) is 4.08. The molecule has 3 heteroatoms. The summed E-state index contributed by atoms with van der Waals surface area (Å²) in [5.74, 6) is 1.74. The predicted octanol–water partition coefficient (Wildman–Crippen LogP) is 4.58. The zero-order chi connectivity index (χ0) is 13.9. The highest BCUT2D eigenvalue weighted by Crippen LogP contribution is 2.32. The first-order valence-electron chi connectivity index (χ1n) is 7.04. The van der Waals surface area contributed by atoms with Gasteiger partial charge in [0.15, 0.2) is 0 Å². The quantitative estimate of drug-likeness (QED) is 0.893. The Morgan fingerprint density at radius 3 is 2.55 bits per heavy atom. The molecule has 3 rings (SSSR count). The molecule has 0 spiro atoms. The summed E-state index contributed by atoms with van der Waals surface area (Å²) in [7, 11) is 0. The summed E-state index contributed by atoms with van der Waals surface area (Å²) < 4.78 is 6.93. The zero-order valence-corrected chi connectivity index (χ0v) is 12.9. The molecule has 0 bridgehead atoms. The average molecular weight is 332 g/mol. The van der Waals surface area contributed by atoms with Gasteiger partial charge in [-0.15, -0.1) is 0 Å². The highest BCUT2D eigenvalue weighted by Gasteiger charge is 2.11. The number of rotatable bonds is 3. The van der Waals surface area contributed by atoms with Crippen molar-refractivity contribution in [2.75, 3.05) is 0 Å². The van der Waals surface area contributed by atoms with Gasteiger partial charge in [0.2, 0.25) is 0 Å². The number of hydrogen-bond acceptors (Lipinski definition) is 2. The number of fused-ring (bicyclic) bond motifs is 1. The third-order valence-electron chi connectivity index (χ3n) is 3.78. The maximum Gasteiger partial charge on any atom is 0.141 e. The number of halogens is 1. The largest absolute Gasteiger partial charge is 0.456 e. The van der Waals surface area contributed by atoms with Crippen LogP contribution in [0.1, 0.15) is 29.5 Å². The summed E-state index contributed by atoms with van der Waals surface area (Å²) in [6.07, 6.45) is 4.95. The smallest absolute Gasteiger partial charge is 0.141 e. The zero-order valence-electron chi connectivity index (χ0n) is 11.4. The molecule has 2 N–H and O–H groups in total. The summed E-state index contributed by atoms with van der Waals surface area (Å²) in [6.45, 7) is 0.539. The molecular formula is C17H18BrNO. The molecule has 1 aliphatic carbocycles. The Balaban J connectivity index is 1.84. The lowest BCUT2D eigenvalue weighted by molar-refractivity contribution is 0.477. The van der Waals surface area contributed by atoms with Gasteiger partial charge in [-0.2, -0.15) is 0 Å². The van der Waals surface area contributed by atoms with Gasteiger partial charge in [0.25, 0.3) is 0 Å². The lowest BCUT2D eigenvalue weighted by Crippen LogP contribution is -2.02. The van der Waals surface area contributed by atoms with Crippen molar-refractivity contribution in [2.24, 2.45) is 5.73 Å². The molecule has 2 nitrogen and oxygen atoms in total. The molecule has 0 amide bonds. The molecule has 0 heterocycles. The van der Waals surface area contributed by atoms with E-state index in [0.717, 1.165) is 21.5 Å². The minimum atomic E-state index is 0.539. The molecule has 2 aromatic rings. The van der Waals surface area contributed by atoms with E-state index in [1.807, 2.05) is 18.2 Å². The van der Waals surface area contributed by atoms with Crippen molar-refractivity contribution in [1.82, 2.24) is 0 Å². The highest BCUT2D eigenvalue weighted by molar-refractivity contribution is 9.10. The van der Waals surface area contributed by atoms with Gasteiger partial charge in [0.05, 0.1) is 4.47 Å². The van der Waals surface area contributed by atoms with Crippen LogP contribution in [0.4, 0.5) is 0 Å².